The van der Waals surface area contributed by atoms with Crippen molar-refractivity contribution in [1.29, 1.82) is 0 Å². The van der Waals surface area contributed by atoms with Crippen molar-refractivity contribution >= 4 is 53.3 Å². The highest BCUT2D eigenvalue weighted by Gasteiger charge is 2.38. The summed E-state index contributed by atoms with van der Waals surface area (Å²) in [4.78, 5) is 112. The van der Waals surface area contributed by atoms with E-state index in [-0.39, 0.29) is 18.1 Å². The number of aliphatic hydroxyl groups excluding tert-OH is 2. The number of nitrogens with one attached hydrogen (secondary N) is 6. The number of amides is 7. The molecule has 15 N–H and O–H groups in total. The van der Waals surface area contributed by atoms with E-state index in [1.165, 1.54) is 45.0 Å². The van der Waals surface area contributed by atoms with Crippen LogP contribution in [0.5, 0.6) is 5.75 Å². The van der Waals surface area contributed by atoms with E-state index in [9.17, 15) is 53.7 Å². The summed E-state index contributed by atoms with van der Waals surface area (Å²) < 4.78 is 5.55. The van der Waals surface area contributed by atoms with Gasteiger partial charge in [0.2, 0.25) is 41.4 Å². The highest BCUT2D eigenvalue weighted by atomic mass is 16.5. The number of benzene rings is 1. The molecule has 0 spiro atoms. The predicted molar refractivity (Wildman–Crippen MR) is 247 cm³/mol. The molecule has 3 unspecified atom stereocenters. The minimum atomic E-state index is -1.75. The number of aliphatic hydroxyl groups is 2. The van der Waals surface area contributed by atoms with Crippen molar-refractivity contribution in [1.82, 2.24) is 31.9 Å². The number of cyclic esters (lactones) is 1. The molecule has 1 saturated heterocycles. The zero-order chi connectivity index (χ0) is 50.2. The van der Waals surface area contributed by atoms with Gasteiger partial charge < -0.3 is 69.2 Å². The molecule has 0 radical (unpaired) electrons. The SMILES string of the molecule is CC(C)[C@@H]1NC(=O)[C@H](NC(=O)CC(O)CCCCCCCCCCCCN=C(N)N)C(C)OC(=O)[C@@H](C)NC(=O)[C@@H](CC(N)=O)NC(=O)[C@@H](C(C)O)NC(=O)[C@@H](Cc2ccc(O)cc2)NC1=O. The van der Waals surface area contributed by atoms with Crippen molar-refractivity contribution in [3.05, 3.63) is 29.8 Å². The topological polar surface area (TPSA) is 369 Å². The Labute approximate surface area is 392 Å². The lowest BCUT2D eigenvalue weighted by molar-refractivity contribution is -0.155. The largest absolute Gasteiger partial charge is 0.508 e. The fourth-order valence-corrected chi connectivity index (χ4v) is 7.23. The number of aliphatic imine (C=N–C) groups is 1. The second kappa shape index (κ2) is 29.6. The van der Waals surface area contributed by atoms with E-state index in [0.717, 1.165) is 57.8 Å². The number of aromatic hydroxyl groups is 1. The third-order valence-electron chi connectivity index (χ3n) is 11.1. The number of phenolic OH excluding ortho intramolecular Hbond substituents is 1. The van der Waals surface area contributed by atoms with E-state index in [4.69, 9.17) is 21.9 Å². The minimum Gasteiger partial charge on any atom is -0.508 e. The van der Waals surface area contributed by atoms with Crippen LogP contribution in [0.1, 0.15) is 124 Å². The number of ether oxygens (including phenoxy) is 1. The molecule has 7 amide bonds. The Kier molecular flexibility index (Phi) is 25.2. The Balaban J connectivity index is 2.31. The number of phenols is 1. The number of esters is 1. The lowest BCUT2D eigenvalue weighted by Gasteiger charge is -2.30. The van der Waals surface area contributed by atoms with Crippen LogP contribution >= 0.6 is 0 Å². The summed E-state index contributed by atoms with van der Waals surface area (Å²) >= 11 is 0. The van der Waals surface area contributed by atoms with Crippen LogP contribution in [0.15, 0.2) is 29.3 Å². The summed E-state index contributed by atoms with van der Waals surface area (Å²) in [6.45, 7) is 7.52. The zero-order valence-electron chi connectivity index (χ0n) is 39.4. The molecule has 0 aromatic heterocycles. The molecule has 376 valence electrons. The molecule has 67 heavy (non-hydrogen) atoms. The van der Waals surface area contributed by atoms with Gasteiger partial charge in [0.15, 0.2) is 5.96 Å². The molecule has 0 aliphatic carbocycles. The number of unbranched alkanes of at least 4 members (excludes halogenated alkanes) is 9. The fraction of sp³-hybridized carbons (Fsp3) is 0.667. The first kappa shape index (κ1) is 57.1. The number of rotatable bonds is 22. The van der Waals surface area contributed by atoms with Crippen molar-refractivity contribution in [2.45, 2.75) is 179 Å². The predicted octanol–water partition coefficient (Wildman–Crippen LogP) is -0.964. The molecule has 1 aliphatic rings. The van der Waals surface area contributed by atoms with Crippen LogP contribution in [0.3, 0.4) is 0 Å². The Hall–Kier alpha value is -6.03. The van der Waals surface area contributed by atoms with Gasteiger partial charge in [0.1, 0.15) is 48.1 Å². The Morgan fingerprint density at radius 1 is 0.701 bits per heavy atom. The number of hydrogen-bond acceptors (Lipinski definition) is 13. The van der Waals surface area contributed by atoms with Gasteiger partial charge in [0.05, 0.1) is 25.0 Å². The molecule has 1 heterocycles. The number of nitrogens with two attached hydrogens (primary N) is 3. The first-order chi connectivity index (χ1) is 31.6. The molecule has 9 atom stereocenters. The highest BCUT2D eigenvalue weighted by molar-refractivity contribution is 5.98. The van der Waals surface area contributed by atoms with Crippen LogP contribution in [0, 0.1) is 5.92 Å². The maximum Gasteiger partial charge on any atom is 0.328 e. The number of hydrogen-bond donors (Lipinski definition) is 12. The lowest BCUT2D eigenvalue weighted by atomic mass is 9.99. The summed E-state index contributed by atoms with van der Waals surface area (Å²) in [7, 11) is 0. The Morgan fingerprint density at radius 3 is 1.78 bits per heavy atom. The van der Waals surface area contributed by atoms with Crippen molar-refractivity contribution in [3.63, 3.8) is 0 Å². The number of guanidine groups is 1. The molecule has 2 rings (SSSR count). The molecule has 1 aliphatic heterocycles. The van der Waals surface area contributed by atoms with Crippen molar-refractivity contribution in [2.75, 3.05) is 6.54 Å². The highest BCUT2D eigenvalue weighted by Crippen LogP contribution is 2.16. The molecule has 0 bridgehead atoms. The molecular formula is C45H74N10O12. The zero-order valence-corrected chi connectivity index (χ0v) is 39.4. The third-order valence-corrected chi connectivity index (χ3v) is 11.1. The lowest BCUT2D eigenvalue weighted by Crippen LogP contribution is -2.62. The molecule has 22 nitrogen and oxygen atoms in total. The summed E-state index contributed by atoms with van der Waals surface area (Å²) in [6, 6.07) is -3.77. The third kappa shape index (κ3) is 21.9. The van der Waals surface area contributed by atoms with E-state index < -0.39 is 121 Å². The average Bonchev–Trinajstić information content (AvgIpc) is 3.24. The van der Waals surface area contributed by atoms with Gasteiger partial charge in [0.25, 0.3) is 0 Å². The first-order valence-corrected chi connectivity index (χ1v) is 23.1. The molecule has 1 aromatic rings. The number of nitrogens with zero attached hydrogens (tertiary/aromatic N) is 1. The molecule has 0 saturated carbocycles. The summed E-state index contributed by atoms with van der Waals surface area (Å²) in [5.41, 5.74) is 16.5. The van der Waals surface area contributed by atoms with Gasteiger partial charge >= 0.3 is 5.97 Å². The summed E-state index contributed by atoms with van der Waals surface area (Å²) in [5, 5.41) is 45.9. The molecule has 22 heteroatoms. The van der Waals surface area contributed by atoms with Crippen LogP contribution in [-0.4, -0.2) is 130 Å². The second-order valence-electron chi connectivity index (χ2n) is 17.5. The van der Waals surface area contributed by atoms with Gasteiger partial charge in [0, 0.05) is 13.0 Å². The van der Waals surface area contributed by atoms with Crippen LogP contribution < -0.4 is 49.1 Å². The van der Waals surface area contributed by atoms with Crippen molar-refractivity contribution < 1.29 is 58.4 Å². The van der Waals surface area contributed by atoms with Gasteiger partial charge in [-0.1, -0.05) is 83.8 Å². The quantitative estimate of drug-likeness (QED) is 0.0288. The number of primary amides is 1. The van der Waals surface area contributed by atoms with Crippen LogP contribution in [0.25, 0.3) is 0 Å². The fourth-order valence-electron chi connectivity index (χ4n) is 7.23. The van der Waals surface area contributed by atoms with E-state index in [1.54, 1.807) is 13.8 Å². The molecule has 1 fully saturated rings. The molecular weight excluding hydrogens is 873 g/mol. The molecule has 1 aromatic carbocycles. The van der Waals surface area contributed by atoms with E-state index >= 15 is 0 Å². The smallest absolute Gasteiger partial charge is 0.328 e. The number of carbonyl (C=O) groups excluding carboxylic acids is 8. The summed E-state index contributed by atoms with van der Waals surface area (Å²) in [5.74, 6) is -8.52. The maximum atomic E-state index is 14.1. The van der Waals surface area contributed by atoms with E-state index in [1.807, 2.05) is 0 Å². The van der Waals surface area contributed by atoms with Crippen molar-refractivity contribution in [2.24, 2.45) is 28.1 Å². The van der Waals surface area contributed by atoms with Crippen molar-refractivity contribution in [3.8, 4) is 5.75 Å². The van der Waals surface area contributed by atoms with E-state index in [0.29, 0.717) is 24.9 Å². The van der Waals surface area contributed by atoms with Crippen LogP contribution in [0.4, 0.5) is 0 Å². The average molecular weight is 947 g/mol. The van der Waals surface area contributed by atoms with E-state index in [2.05, 4.69) is 36.9 Å². The van der Waals surface area contributed by atoms with Gasteiger partial charge in [-0.25, -0.2) is 4.79 Å². The monoisotopic (exact) mass is 947 g/mol. The normalized spacial score (nSPS) is 23.4. The minimum absolute atomic E-state index is 0.0796. The Morgan fingerprint density at radius 2 is 1.22 bits per heavy atom. The van der Waals surface area contributed by atoms with Crippen LogP contribution in [-0.2, 0) is 49.5 Å². The summed E-state index contributed by atoms with van der Waals surface area (Å²) in [6.07, 6.45) is 4.77. The van der Waals surface area contributed by atoms with Gasteiger partial charge in [-0.2, -0.15) is 0 Å². The Bertz CT molecular complexity index is 1830. The van der Waals surface area contributed by atoms with Crippen LogP contribution in [0.2, 0.25) is 0 Å². The van der Waals surface area contributed by atoms with Gasteiger partial charge in [-0.15, -0.1) is 0 Å². The van der Waals surface area contributed by atoms with Gasteiger partial charge in [-0.05, 0) is 57.2 Å². The second-order valence-corrected chi connectivity index (χ2v) is 17.5. The number of carbonyl (C=O) groups is 8. The maximum absolute atomic E-state index is 14.1. The first-order valence-electron chi connectivity index (χ1n) is 23.1. The van der Waals surface area contributed by atoms with Gasteiger partial charge in [-0.3, -0.25) is 38.6 Å². The standard InChI is InChI=1S/C45H74N10O12/c1-25(2)36-41(63)51-32(22-29-17-19-30(57)20-18-29)40(62)55-37(27(4)56)42(64)52-33(24-34(46)59)39(61)50-26(3)44(66)67-28(5)38(43(65)54-36)53-35(60)23-31(58)16-14-12-10-8-6-7-9-11-13-15-21-49-45(47)48/h17-20,25-28,31-33,36-38,56-58H,6-16,21-24H2,1-5H3,(H2,46,59)(H,50,61)(H,51,63)(H,52,64)(H,53,60)(H,54,65)(H,55,62)(H4,47,48,49)/t26-,27?,28?,31?,32-,33-,36+,37-,38-/m1/s1.